The molecule has 1 saturated heterocycles. The lowest BCUT2D eigenvalue weighted by molar-refractivity contribution is -0.121. The minimum Gasteiger partial charge on any atom is -0.497 e. The zero-order chi connectivity index (χ0) is 24.0. The van der Waals surface area contributed by atoms with Gasteiger partial charge in [-0.25, -0.2) is 4.79 Å². The van der Waals surface area contributed by atoms with Crippen LogP contribution in [0.15, 0.2) is 36.7 Å². The highest BCUT2D eigenvalue weighted by atomic mass is 16.6. The van der Waals surface area contributed by atoms with Crippen LogP contribution in [0.1, 0.15) is 33.6 Å². The number of piperidine rings is 1. The molecule has 0 bridgehead atoms. The fourth-order valence-electron chi connectivity index (χ4n) is 3.43. The Hall–Kier alpha value is -3.56. The third-order valence-corrected chi connectivity index (χ3v) is 5.10. The molecule has 1 aliphatic heterocycles. The summed E-state index contributed by atoms with van der Waals surface area (Å²) in [5.74, 6) is 0.137. The van der Waals surface area contributed by atoms with E-state index in [2.05, 4.69) is 15.7 Å². The van der Waals surface area contributed by atoms with Gasteiger partial charge >= 0.3 is 6.09 Å². The van der Waals surface area contributed by atoms with E-state index >= 15 is 0 Å². The summed E-state index contributed by atoms with van der Waals surface area (Å²) in [5.41, 5.74) is 0.628. The van der Waals surface area contributed by atoms with Gasteiger partial charge in [0.2, 0.25) is 11.8 Å². The van der Waals surface area contributed by atoms with Crippen molar-refractivity contribution < 1.29 is 23.9 Å². The van der Waals surface area contributed by atoms with Crippen LogP contribution in [0, 0.1) is 5.92 Å². The van der Waals surface area contributed by atoms with Crippen molar-refractivity contribution in [3.63, 3.8) is 0 Å². The molecule has 0 unspecified atom stereocenters. The number of hydrogen-bond donors (Lipinski definition) is 2. The molecule has 0 radical (unpaired) electrons. The third-order valence-electron chi connectivity index (χ3n) is 5.10. The van der Waals surface area contributed by atoms with Crippen molar-refractivity contribution in [2.75, 3.05) is 30.8 Å². The van der Waals surface area contributed by atoms with Crippen molar-refractivity contribution in [1.29, 1.82) is 0 Å². The van der Waals surface area contributed by atoms with Crippen LogP contribution in [0.3, 0.4) is 0 Å². The number of rotatable bonds is 6. The second kappa shape index (κ2) is 10.4. The number of aromatic nitrogens is 2. The lowest BCUT2D eigenvalue weighted by Crippen LogP contribution is -2.43. The first-order valence-electron chi connectivity index (χ1n) is 10.9. The van der Waals surface area contributed by atoms with Gasteiger partial charge in [-0.3, -0.25) is 14.3 Å². The Morgan fingerprint density at radius 2 is 1.73 bits per heavy atom. The molecule has 2 aromatic rings. The molecular formula is C23H31N5O5. The van der Waals surface area contributed by atoms with Crippen molar-refractivity contribution in [2.45, 2.75) is 45.8 Å². The van der Waals surface area contributed by atoms with E-state index in [1.165, 1.54) is 10.9 Å². The minimum absolute atomic E-state index is 0.0101. The first-order chi connectivity index (χ1) is 15.6. The molecule has 2 N–H and O–H groups in total. The molecule has 0 saturated carbocycles. The lowest BCUT2D eigenvalue weighted by Gasteiger charge is -2.32. The quantitative estimate of drug-likeness (QED) is 0.689. The summed E-state index contributed by atoms with van der Waals surface area (Å²) in [7, 11) is 1.58. The number of carbonyl (C=O) groups is 3. The summed E-state index contributed by atoms with van der Waals surface area (Å²) in [5, 5.41) is 9.78. The topological polar surface area (TPSA) is 115 Å². The van der Waals surface area contributed by atoms with Crippen molar-refractivity contribution >= 4 is 29.3 Å². The molecule has 1 fully saturated rings. The molecule has 1 aromatic heterocycles. The molecule has 33 heavy (non-hydrogen) atoms. The normalized spacial score (nSPS) is 14.5. The Morgan fingerprint density at radius 3 is 2.33 bits per heavy atom. The van der Waals surface area contributed by atoms with E-state index in [1.807, 2.05) is 20.8 Å². The zero-order valence-electron chi connectivity index (χ0n) is 19.5. The van der Waals surface area contributed by atoms with Crippen LogP contribution >= 0.6 is 0 Å². The first-order valence-corrected chi connectivity index (χ1v) is 10.9. The van der Waals surface area contributed by atoms with Crippen LogP contribution in [0.2, 0.25) is 0 Å². The highest BCUT2D eigenvalue weighted by molar-refractivity contribution is 5.93. The highest BCUT2D eigenvalue weighted by Crippen LogP contribution is 2.21. The summed E-state index contributed by atoms with van der Waals surface area (Å²) in [6, 6.07) is 7.02. The Kier molecular flexibility index (Phi) is 7.57. The molecule has 1 aliphatic rings. The van der Waals surface area contributed by atoms with E-state index in [9.17, 15) is 14.4 Å². The van der Waals surface area contributed by atoms with E-state index < -0.39 is 5.60 Å². The predicted octanol–water partition coefficient (Wildman–Crippen LogP) is 3.12. The summed E-state index contributed by atoms with van der Waals surface area (Å²) >= 11 is 0. The van der Waals surface area contributed by atoms with Crippen LogP contribution in [0.4, 0.5) is 16.2 Å². The van der Waals surface area contributed by atoms with Crippen LogP contribution in [-0.2, 0) is 20.9 Å². The highest BCUT2D eigenvalue weighted by Gasteiger charge is 2.30. The Labute approximate surface area is 193 Å². The van der Waals surface area contributed by atoms with Crippen LogP contribution < -0.4 is 15.4 Å². The van der Waals surface area contributed by atoms with Crippen molar-refractivity contribution in [3.05, 3.63) is 36.7 Å². The van der Waals surface area contributed by atoms with Crippen LogP contribution in [-0.4, -0.2) is 58.4 Å². The van der Waals surface area contributed by atoms with Gasteiger partial charge in [-0.2, -0.15) is 5.10 Å². The Balaban J connectivity index is 1.44. The molecular weight excluding hydrogens is 426 g/mol. The molecule has 178 valence electrons. The fraction of sp³-hybridized carbons (Fsp3) is 0.478. The number of nitrogens with zero attached hydrogens (tertiary/aromatic N) is 3. The molecule has 0 spiro atoms. The number of anilines is 2. The molecule has 0 atom stereocenters. The number of amides is 3. The number of carbonyl (C=O) groups excluding carboxylic acids is 3. The van der Waals surface area contributed by atoms with Crippen LogP contribution in [0.5, 0.6) is 5.75 Å². The maximum atomic E-state index is 12.6. The second-order valence-electron chi connectivity index (χ2n) is 8.93. The molecule has 10 heteroatoms. The summed E-state index contributed by atoms with van der Waals surface area (Å²) in [6.45, 7) is 6.43. The van der Waals surface area contributed by atoms with E-state index in [1.54, 1.807) is 42.5 Å². The summed E-state index contributed by atoms with van der Waals surface area (Å²) < 4.78 is 11.9. The van der Waals surface area contributed by atoms with Crippen molar-refractivity contribution in [3.8, 4) is 5.75 Å². The molecule has 3 amide bonds. The SMILES string of the molecule is COc1ccc(NC(=O)Cn2cc(NC(=O)C3CCN(C(=O)OC(C)(C)C)CC3)cn2)cc1. The average Bonchev–Trinajstić information content (AvgIpc) is 3.19. The summed E-state index contributed by atoms with van der Waals surface area (Å²) in [4.78, 5) is 38.7. The number of ether oxygens (including phenoxy) is 2. The average molecular weight is 458 g/mol. The third kappa shape index (κ3) is 7.23. The van der Waals surface area contributed by atoms with Gasteiger partial charge in [-0.1, -0.05) is 0 Å². The van der Waals surface area contributed by atoms with Crippen molar-refractivity contribution in [2.24, 2.45) is 5.92 Å². The summed E-state index contributed by atoms with van der Waals surface area (Å²) in [6.07, 6.45) is 3.89. The number of hydrogen-bond acceptors (Lipinski definition) is 6. The number of likely N-dealkylation sites (tertiary alicyclic amines) is 1. The molecule has 10 nitrogen and oxygen atoms in total. The minimum atomic E-state index is -0.545. The number of methoxy groups -OCH3 is 1. The zero-order valence-corrected chi connectivity index (χ0v) is 19.5. The fourth-order valence-corrected chi connectivity index (χ4v) is 3.43. The molecule has 1 aromatic carbocycles. The van der Waals surface area contributed by atoms with E-state index in [0.717, 1.165) is 0 Å². The Bertz CT molecular complexity index is 972. The van der Waals surface area contributed by atoms with Gasteiger partial charge in [-0.15, -0.1) is 0 Å². The van der Waals surface area contributed by atoms with Gasteiger partial charge in [0.1, 0.15) is 17.9 Å². The lowest BCUT2D eigenvalue weighted by atomic mass is 9.96. The van der Waals surface area contributed by atoms with E-state index in [-0.39, 0.29) is 30.4 Å². The molecule has 2 heterocycles. The Morgan fingerprint density at radius 1 is 1.06 bits per heavy atom. The molecule has 3 rings (SSSR count). The van der Waals surface area contributed by atoms with Crippen LogP contribution in [0.25, 0.3) is 0 Å². The van der Waals surface area contributed by atoms with Gasteiger partial charge in [0.15, 0.2) is 0 Å². The van der Waals surface area contributed by atoms with E-state index in [0.29, 0.717) is 43.1 Å². The van der Waals surface area contributed by atoms with Crippen molar-refractivity contribution in [1.82, 2.24) is 14.7 Å². The van der Waals surface area contributed by atoms with Gasteiger partial charge < -0.3 is 25.0 Å². The molecule has 0 aliphatic carbocycles. The monoisotopic (exact) mass is 457 g/mol. The van der Waals surface area contributed by atoms with Gasteiger partial charge in [-0.05, 0) is 57.9 Å². The largest absolute Gasteiger partial charge is 0.497 e. The van der Waals surface area contributed by atoms with Gasteiger partial charge in [0, 0.05) is 30.9 Å². The predicted molar refractivity (Wildman–Crippen MR) is 123 cm³/mol. The van der Waals surface area contributed by atoms with Gasteiger partial charge in [0.05, 0.1) is 19.0 Å². The first kappa shape index (κ1) is 24.1. The maximum Gasteiger partial charge on any atom is 0.410 e. The number of nitrogens with one attached hydrogen (secondary N) is 2. The maximum absolute atomic E-state index is 12.6. The smallest absolute Gasteiger partial charge is 0.410 e. The second-order valence-corrected chi connectivity index (χ2v) is 8.93. The van der Waals surface area contributed by atoms with E-state index in [4.69, 9.17) is 9.47 Å². The number of benzene rings is 1. The van der Waals surface area contributed by atoms with Gasteiger partial charge in [0.25, 0.3) is 0 Å². The standard InChI is InChI=1S/C23H31N5O5/c1-23(2,3)33-22(31)27-11-9-16(10-12-27)21(30)26-18-13-24-28(14-18)15-20(29)25-17-5-7-19(32-4)8-6-17/h5-8,13-14,16H,9-12,15H2,1-4H3,(H,25,29)(H,26,30).